The SMILES string of the molecule is C1=CCC(C2=NC(c3ccccc3)NC(c3ccc(-c4ccccc4-c4ccc(-c5nc(-c6ccccc6)nc(-c6ccccc6)n5)cc4)cc3)=N2)C=C1. The molecule has 0 saturated carbocycles. The highest BCUT2D eigenvalue weighted by Gasteiger charge is 2.24. The molecule has 1 aromatic heterocycles. The Morgan fingerprint density at radius 3 is 1.43 bits per heavy atom. The van der Waals surface area contributed by atoms with E-state index in [0.29, 0.717) is 17.5 Å². The number of hydrogen-bond acceptors (Lipinski definition) is 6. The van der Waals surface area contributed by atoms with Crippen LogP contribution in [0.1, 0.15) is 23.7 Å². The van der Waals surface area contributed by atoms with Gasteiger partial charge in [-0.15, -0.1) is 0 Å². The van der Waals surface area contributed by atoms with Gasteiger partial charge in [-0.25, -0.2) is 24.9 Å². The third-order valence-electron chi connectivity index (χ3n) is 9.74. The van der Waals surface area contributed by atoms with Gasteiger partial charge in [0.2, 0.25) is 0 Å². The molecule has 0 bridgehead atoms. The summed E-state index contributed by atoms with van der Waals surface area (Å²) in [5.41, 5.74) is 9.48. The van der Waals surface area contributed by atoms with Crippen molar-refractivity contribution in [2.24, 2.45) is 15.9 Å². The monoisotopic (exact) mass is 696 g/mol. The lowest BCUT2D eigenvalue weighted by Crippen LogP contribution is -2.35. The first kappa shape index (κ1) is 32.8. The molecule has 2 unspecified atom stereocenters. The lowest BCUT2D eigenvalue weighted by atomic mass is 9.93. The molecule has 0 amide bonds. The van der Waals surface area contributed by atoms with E-state index in [-0.39, 0.29) is 12.1 Å². The average Bonchev–Trinajstić information content (AvgIpc) is 3.27. The van der Waals surface area contributed by atoms with Crippen molar-refractivity contribution < 1.29 is 0 Å². The summed E-state index contributed by atoms with van der Waals surface area (Å²) < 4.78 is 0. The minimum Gasteiger partial charge on any atom is -0.344 e. The Hall–Kier alpha value is -7.05. The van der Waals surface area contributed by atoms with Gasteiger partial charge in [-0.1, -0.05) is 188 Å². The molecule has 6 nitrogen and oxygen atoms in total. The van der Waals surface area contributed by atoms with E-state index in [1.165, 1.54) is 0 Å². The van der Waals surface area contributed by atoms with Gasteiger partial charge in [0, 0.05) is 28.2 Å². The number of aliphatic imine (C=N–C) groups is 2. The number of allylic oxidation sites excluding steroid dienone is 3. The summed E-state index contributed by atoms with van der Waals surface area (Å²) >= 11 is 0. The molecule has 1 aliphatic carbocycles. The molecule has 7 aromatic rings. The first-order valence-corrected chi connectivity index (χ1v) is 18.2. The largest absolute Gasteiger partial charge is 0.344 e. The van der Waals surface area contributed by atoms with Crippen molar-refractivity contribution in [1.29, 1.82) is 0 Å². The Kier molecular flexibility index (Phi) is 9.06. The first-order valence-electron chi connectivity index (χ1n) is 18.2. The van der Waals surface area contributed by atoms with Gasteiger partial charge < -0.3 is 5.32 Å². The Morgan fingerprint density at radius 2 is 0.907 bits per heavy atom. The molecule has 54 heavy (non-hydrogen) atoms. The van der Waals surface area contributed by atoms with Gasteiger partial charge in [-0.3, -0.25) is 0 Å². The van der Waals surface area contributed by atoms with Crippen LogP contribution >= 0.6 is 0 Å². The number of rotatable bonds is 8. The quantitative estimate of drug-likeness (QED) is 0.172. The van der Waals surface area contributed by atoms with Crippen molar-refractivity contribution >= 4 is 11.7 Å². The number of benzene rings is 6. The third kappa shape index (κ3) is 6.93. The van der Waals surface area contributed by atoms with Gasteiger partial charge in [0.15, 0.2) is 17.5 Å². The topological polar surface area (TPSA) is 75.4 Å². The molecule has 0 radical (unpaired) electrons. The average molecular weight is 697 g/mol. The van der Waals surface area contributed by atoms with Crippen LogP contribution in [0, 0.1) is 5.92 Å². The Balaban J connectivity index is 1.01. The second kappa shape index (κ2) is 14.9. The lowest BCUT2D eigenvalue weighted by Gasteiger charge is -2.26. The number of nitrogens with one attached hydrogen (secondary N) is 1. The third-order valence-corrected chi connectivity index (χ3v) is 9.74. The van der Waals surface area contributed by atoms with E-state index in [1.807, 2.05) is 66.7 Å². The molecule has 1 aliphatic heterocycles. The smallest absolute Gasteiger partial charge is 0.164 e. The molecule has 2 atom stereocenters. The lowest BCUT2D eigenvalue weighted by molar-refractivity contribution is 0.659. The van der Waals surface area contributed by atoms with Crippen molar-refractivity contribution in [1.82, 2.24) is 20.3 Å². The second-order valence-electron chi connectivity index (χ2n) is 13.3. The fraction of sp³-hybridized carbons (Fsp3) is 0.0625. The van der Waals surface area contributed by atoms with Gasteiger partial charge in [0.25, 0.3) is 0 Å². The summed E-state index contributed by atoms with van der Waals surface area (Å²) in [6, 6.07) is 56.2. The summed E-state index contributed by atoms with van der Waals surface area (Å²) in [5, 5.41) is 3.60. The van der Waals surface area contributed by atoms with Gasteiger partial charge in [0.1, 0.15) is 17.8 Å². The normalized spacial score (nSPS) is 16.3. The molecule has 1 N–H and O–H groups in total. The van der Waals surface area contributed by atoms with Crippen molar-refractivity contribution in [3.05, 3.63) is 199 Å². The highest BCUT2D eigenvalue weighted by Crippen LogP contribution is 2.34. The summed E-state index contributed by atoms with van der Waals surface area (Å²) in [5.74, 6) is 3.76. The van der Waals surface area contributed by atoms with Crippen LogP contribution in [0.4, 0.5) is 0 Å². The van der Waals surface area contributed by atoms with Crippen LogP contribution in [0.25, 0.3) is 56.4 Å². The number of hydrogen-bond donors (Lipinski definition) is 1. The second-order valence-corrected chi connectivity index (χ2v) is 13.3. The fourth-order valence-electron chi connectivity index (χ4n) is 6.89. The molecule has 2 aliphatic rings. The highest BCUT2D eigenvalue weighted by molar-refractivity contribution is 6.09. The maximum Gasteiger partial charge on any atom is 0.164 e. The first-order chi connectivity index (χ1) is 26.7. The van der Waals surface area contributed by atoms with Crippen LogP contribution < -0.4 is 5.32 Å². The van der Waals surface area contributed by atoms with Crippen LogP contribution in [0.3, 0.4) is 0 Å². The van der Waals surface area contributed by atoms with Gasteiger partial charge in [-0.2, -0.15) is 0 Å². The molecule has 0 fully saturated rings. The Morgan fingerprint density at radius 1 is 0.444 bits per heavy atom. The van der Waals surface area contributed by atoms with E-state index in [0.717, 1.165) is 68.2 Å². The van der Waals surface area contributed by atoms with Gasteiger partial charge >= 0.3 is 0 Å². The number of nitrogens with zero attached hydrogens (tertiary/aromatic N) is 5. The van der Waals surface area contributed by atoms with Crippen LogP contribution in [0.2, 0.25) is 0 Å². The van der Waals surface area contributed by atoms with Crippen LogP contribution in [0.15, 0.2) is 198 Å². The summed E-state index contributed by atoms with van der Waals surface area (Å²) in [4.78, 5) is 24.8. The molecule has 2 heterocycles. The Labute approximate surface area is 315 Å². The van der Waals surface area contributed by atoms with Crippen LogP contribution in [-0.4, -0.2) is 26.6 Å². The van der Waals surface area contributed by atoms with Crippen molar-refractivity contribution in [2.75, 3.05) is 0 Å². The van der Waals surface area contributed by atoms with Gasteiger partial charge in [-0.05, 0) is 34.2 Å². The van der Waals surface area contributed by atoms with E-state index < -0.39 is 0 Å². The molecule has 0 saturated heterocycles. The minimum absolute atomic E-state index is 0.151. The maximum absolute atomic E-state index is 5.05. The molecule has 6 heteroatoms. The molecular formula is C48H36N6. The van der Waals surface area contributed by atoms with Crippen LogP contribution in [0.5, 0.6) is 0 Å². The molecule has 9 rings (SSSR count). The van der Waals surface area contributed by atoms with E-state index in [9.17, 15) is 0 Å². The minimum atomic E-state index is -0.205. The predicted octanol–water partition coefficient (Wildman–Crippen LogP) is 10.8. The zero-order valence-corrected chi connectivity index (χ0v) is 29.5. The number of aromatic nitrogens is 3. The zero-order valence-electron chi connectivity index (χ0n) is 29.5. The van der Waals surface area contributed by atoms with E-state index >= 15 is 0 Å². The number of amidine groups is 2. The van der Waals surface area contributed by atoms with Crippen molar-refractivity contribution in [2.45, 2.75) is 12.6 Å². The fourth-order valence-corrected chi connectivity index (χ4v) is 6.89. The molecule has 0 spiro atoms. The standard InChI is InChI=1S/C48H36N6/c1-5-15-35(16-6-1)43-49-44(36-17-7-2-8-18-36)52-47(51-43)39-29-25-33(26-30-39)41-23-13-14-24-42(41)34-27-31-40(32-28-34)48-53-45(37-19-9-3-10-20-37)50-46(54-48)38-21-11-4-12-22-38/h1-21,23-32,38,45H,22H2,(H,50,53,54). The summed E-state index contributed by atoms with van der Waals surface area (Å²) in [6.45, 7) is 0. The molecular weight excluding hydrogens is 661 g/mol. The molecule has 6 aromatic carbocycles. The zero-order chi connectivity index (χ0) is 36.1. The predicted molar refractivity (Wildman–Crippen MR) is 220 cm³/mol. The van der Waals surface area contributed by atoms with Crippen LogP contribution in [-0.2, 0) is 0 Å². The maximum atomic E-state index is 5.05. The summed E-state index contributed by atoms with van der Waals surface area (Å²) in [7, 11) is 0. The van der Waals surface area contributed by atoms with E-state index in [4.69, 9.17) is 24.9 Å². The Bertz CT molecular complexity index is 2460. The van der Waals surface area contributed by atoms with Crippen molar-refractivity contribution in [3.8, 4) is 56.4 Å². The van der Waals surface area contributed by atoms with E-state index in [1.54, 1.807) is 0 Å². The highest BCUT2D eigenvalue weighted by atomic mass is 15.2. The molecule has 258 valence electrons. The van der Waals surface area contributed by atoms with E-state index in [2.05, 4.69) is 127 Å². The van der Waals surface area contributed by atoms with Gasteiger partial charge in [0.05, 0.1) is 0 Å². The van der Waals surface area contributed by atoms with Crippen molar-refractivity contribution in [3.63, 3.8) is 0 Å². The summed E-state index contributed by atoms with van der Waals surface area (Å²) in [6.07, 6.45) is 9.22.